The summed E-state index contributed by atoms with van der Waals surface area (Å²) in [6, 6.07) is 8.57. The highest BCUT2D eigenvalue weighted by Crippen LogP contribution is 2.13. The van der Waals surface area contributed by atoms with Gasteiger partial charge < -0.3 is 5.32 Å². The Kier molecular flexibility index (Phi) is 5.30. The minimum absolute atomic E-state index is 0.727. The number of aromatic nitrogens is 2. The van der Waals surface area contributed by atoms with Crippen molar-refractivity contribution in [3.63, 3.8) is 0 Å². The van der Waals surface area contributed by atoms with E-state index in [1.165, 1.54) is 17.1 Å². The summed E-state index contributed by atoms with van der Waals surface area (Å²) < 4.78 is 3.86. The predicted octanol–water partition coefficient (Wildman–Crippen LogP) is 2.99. The first kappa shape index (κ1) is 14.0. The van der Waals surface area contributed by atoms with E-state index < -0.39 is 0 Å². The molecule has 0 saturated heterocycles. The van der Waals surface area contributed by atoms with Gasteiger partial charge in [-0.1, -0.05) is 30.5 Å². The minimum atomic E-state index is 0.727. The summed E-state index contributed by atoms with van der Waals surface area (Å²) in [5, 5.41) is 9.37. The zero-order valence-corrected chi connectivity index (χ0v) is 12.3. The molecule has 1 aromatic heterocycles. The van der Waals surface area contributed by atoms with Gasteiger partial charge >= 0.3 is 0 Å². The largest absolute Gasteiger partial charge is 0.379 e. The van der Waals surface area contributed by atoms with E-state index in [2.05, 4.69) is 57.9 Å². The second-order valence-electron chi connectivity index (χ2n) is 4.41. The van der Waals surface area contributed by atoms with Crippen molar-refractivity contribution in [1.29, 1.82) is 0 Å². The second kappa shape index (κ2) is 7.21. The highest BCUT2D eigenvalue weighted by molar-refractivity contribution is 7.03. The quantitative estimate of drug-likeness (QED) is 0.844. The molecule has 1 heterocycles. The molecular formula is C14H20N4S. The van der Waals surface area contributed by atoms with Crippen LogP contribution in [0.5, 0.6) is 0 Å². The van der Waals surface area contributed by atoms with Gasteiger partial charge in [0.05, 0.1) is 12.2 Å². The molecule has 2 rings (SSSR count). The molecule has 2 aromatic rings. The SMILES string of the molecule is CCN(CC)Cc1cccc(NCc2csnn2)c1. The summed E-state index contributed by atoms with van der Waals surface area (Å²) in [6.07, 6.45) is 0. The molecule has 0 saturated carbocycles. The lowest BCUT2D eigenvalue weighted by Gasteiger charge is -2.18. The zero-order chi connectivity index (χ0) is 13.5. The third-order valence-corrected chi connectivity index (χ3v) is 3.66. The smallest absolute Gasteiger partial charge is 0.0946 e. The Hall–Kier alpha value is -1.46. The van der Waals surface area contributed by atoms with Crippen LogP contribution in [0.1, 0.15) is 25.1 Å². The first-order valence-electron chi connectivity index (χ1n) is 6.63. The molecule has 0 fully saturated rings. The van der Waals surface area contributed by atoms with E-state index in [-0.39, 0.29) is 0 Å². The van der Waals surface area contributed by atoms with Gasteiger partial charge in [-0.05, 0) is 42.3 Å². The van der Waals surface area contributed by atoms with Crippen molar-refractivity contribution >= 4 is 17.2 Å². The third-order valence-electron chi connectivity index (χ3n) is 3.11. The van der Waals surface area contributed by atoms with E-state index in [1.54, 1.807) is 0 Å². The maximum atomic E-state index is 4.03. The fourth-order valence-electron chi connectivity index (χ4n) is 1.94. The van der Waals surface area contributed by atoms with Crippen molar-refractivity contribution in [2.75, 3.05) is 18.4 Å². The van der Waals surface area contributed by atoms with Crippen LogP contribution in [0, 0.1) is 0 Å². The molecule has 1 aromatic carbocycles. The molecular weight excluding hydrogens is 256 g/mol. The van der Waals surface area contributed by atoms with E-state index in [4.69, 9.17) is 0 Å². The topological polar surface area (TPSA) is 41.0 Å². The van der Waals surface area contributed by atoms with Crippen molar-refractivity contribution in [3.8, 4) is 0 Å². The van der Waals surface area contributed by atoms with Crippen LogP contribution in [-0.2, 0) is 13.1 Å². The number of nitrogens with one attached hydrogen (secondary N) is 1. The Morgan fingerprint density at radius 1 is 1.26 bits per heavy atom. The molecule has 0 atom stereocenters. The van der Waals surface area contributed by atoms with E-state index in [0.29, 0.717) is 0 Å². The molecule has 19 heavy (non-hydrogen) atoms. The first-order valence-corrected chi connectivity index (χ1v) is 7.46. The highest BCUT2D eigenvalue weighted by Gasteiger charge is 2.02. The van der Waals surface area contributed by atoms with Crippen molar-refractivity contribution in [1.82, 2.24) is 14.5 Å². The summed E-state index contributed by atoms with van der Waals surface area (Å²) >= 11 is 1.38. The van der Waals surface area contributed by atoms with Gasteiger partial charge in [0.15, 0.2) is 0 Å². The van der Waals surface area contributed by atoms with E-state index >= 15 is 0 Å². The third kappa shape index (κ3) is 4.29. The Morgan fingerprint density at radius 3 is 2.79 bits per heavy atom. The van der Waals surface area contributed by atoms with Crippen LogP contribution in [0.4, 0.5) is 5.69 Å². The summed E-state index contributed by atoms with van der Waals surface area (Å²) in [6.45, 7) is 8.28. The summed E-state index contributed by atoms with van der Waals surface area (Å²) in [5.74, 6) is 0. The van der Waals surface area contributed by atoms with Crippen molar-refractivity contribution < 1.29 is 0 Å². The number of hydrogen-bond donors (Lipinski definition) is 1. The fourth-order valence-corrected chi connectivity index (χ4v) is 2.39. The Morgan fingerprint density at radius 2 is 2.11 bits per heavy atom. The van der Waals surface area contributed by atoms with Crippen LogP contribution >= 0.6 is 11.5 Å². The summed E-state index contributed by atoms with van der Waals surface area (Å²) in [7, 11) is 0. The molecule has 5 heteroatoms. The molecule has 0 amide bonds. The van der Waals surface area contributed by atoms with Crippen LogP contribution < -0.4 is 5.32 Å². The van der Waals surface area contributed by atoms with Gasteiger partial charge in [0, 0.05) is 17.6 Å². The van der Waals surface area contributed by atoms with E-state index in [1.807, 2.05) is 5.38 Å². The van der Waals surface area contributed by atoms with Gasteiger partial charge in [-0.3, -0.25) is 4.90 Å². The van der Waals surface area contributed by atoms with Crippen LogP contribution in [0.3, 0.4) is 0 Å². The molecule has 0 radical (unpaired) electrons. The monoisotopic (exact) mass is 276 g/mol. The number of hydrogen-bond acceptors (Lipinski definition) is 5. The molecule has 4 nitrogen and oxygen atoms in total. The number of rotatable bonds is 7. The lowest BCUT2D eigenvalue weighted by Crippen LogP contribution is -2.22. The average molecular weight is 276 g/mol. The highest BCUT2D eigenvalue weighted by atomic mass is 32.1. The number of anilines is 1. The minimum Gasteiger partial charge on any atom is -0.379 e. The van der Waals surface area contributed by atoms with E-state index in [0.717, 1.165) is 37.6 Å². The summed E-state index contributed by atoms with van der Waals surface area (Å²) in [4.78, 5) is 2.41. The second-order valence-corrected chi connectivity index (χ2v) is 5.02. The Bertz CT molecular complexity index is 480. The van der Waals surface area contributed by atoms with Crippen molar-refractivity contribution in [3.05, 3.63) is 40.9 Å². The van der Waals surface area contributed by atoms with Gasteiger partial charge in [-0.2, -0.15) is 0 Å². The number of benzene rings is 1. The van der Waals surface area contributed by atoms with Gasteiger partial charge in [-0.25, -0.2) is 0 Å². The maximum absolute atomic E-state index is 4.03. The molecule has 0 aliphatic heterocycles. The normalized spacial score (nSPS) is 10.9. The fraction of sp³-hybridized carbons (Fsp3) is 0.429. The Balaban J connectivity index is 1.94. The van der Waals surface area contributed by atoms with Gasteiger partial charge in [0.1, 0.15) is 0 Å². The lowest BCUT2D eigenvalue weighted by atomic mass is 10.2. The van der Waals surface area contributed by atoms with Crippen LogP contribution in [0.25, 0.3) is 0 Å². The van der Waals surface area contributed by atoms with Crippen molar-refractivity contribution in [2.45, 2.75) is 26.9 Å². The maximum Gasteiger partial charge on any atom is 0.0946 e. The van der Waals surface area contributed by atoms with Crippen LogP contribution in [0.15, 0.2) is 29.6 Å². The van der Waals surface area contributed by atoms with Gasteiger partial charge in [0.25, 0.3) is 0 Å². The molecule has 0 aliphatic carbocycles. The lowest BCUT2D eigenvalue weighted by molar-refractivity contribution is 0.296. The van der Waals surface area contributed by atoms with Crippen molar-refractivity contribution in [2.24, 2.45) is 0 Å². The molecule has 1 N–H and O–H groups in total. The zero-order valence-electron chi connectivity index (χ0n) is 11.5. The van der Waals surface area contributed by atoms with E-state index in [9.17, 15) is 0 Å². The molecule has 0 spiro atoms. The molecule has 0 bridgehead atoms. The standard InChI is InChI=1S/C14H20N4S/c1-3-18(4-2)10-12-6-5-7-13(8-12)15-9-14-11-19-17-16-14/h5-8,11,15H,3-4,9-10H2,1-2H3. The average Bonchev–Trinajstić information content (AvgIpc) is 2.96. The molecule has 102 valence electrons. The molecule has 0 unspecified atom stereocenters. The van der Waals surface area contributed by atoms with Gasteiger partial charge in [0.2, 0.25) is 0 Å². The number of nitrogens with zero attached hydrogens (tertiary/aromatic N) is 3. The Labute approximate surface area is 118 Å². The predicted molar refractivity (Wildman–Crippen MR) is 80.3 cm³/mol. The molecule has 0 aliphatic rings. The van der Waals surface area contributed by atoms with Crippen LogP contribution in [-0.4, -0.2) is 27.6 Å². The first-order chi connectivity index (χ1) is 9.31. The summed E-state index contributed by atoms with van der Waals surface area (Å²) in [5.41, 5.74) is 3.46. The van der Waals surface area contributed by atoms with Crippen LogP contribution in [0.2, 0.25) is 0 Å². The van der Waals surface area contributed by atoms with Gasteiger partial charge in [-0.15, -0.1) is 5.10 Å².